The second kappa shape index (κ2) is 8.99. The Bertz CT molecular complexity index is 810. The van der Waals surface area contributed by atoms with Gasteiger partial charge in [-0.2, -0.15) is 0 Å². The SMILES string of the molecule is CCN(CC(=O)O)C1CCN(Cc2ccc(-c3ccc([N+](=O)[O-])cc3)o2)CC1. The van der Waals surface area contributed by atoms with Gasteiger partial charge in [-0.05, 0) is 43.7 Å². The molecule has 0 atom stereocenters. The average Bonchev–Trinajstić information content (AvgIpc) is 3.15. The lowest BCUT2D eigenvalue weighted by Crippen LogP contribution is -2.46. The number of nitro groups is 1. The molecule has 8 heteroatoms. The lowest BCUT2D eigenvalue weighted by Gasteiger charge is -2.37. The van der Waals surface area contributed by atoms with E-state index >= 15 is 0 Å². The molecule has 0 unspecified atom stereocenters. The van der Waals surface area contributed by atoms with E-state index in [1.807, 2.05) is 24.0 Å². The molecule has 8 nitrogen and oxygen atoms in total. The van der Waals surface area contributed by atoms with Crippen LogP contribution in [0.2, 0.25) is 0 Å². The monoisotopic (exact) mass is 387 g/mol. The number of hydrogen-bond donors (Lipinski definition) is 1. The number of piperidine rings is 1. The number of nitro benzene ring substituents is 1. The Morgan fingerprint density at radius 3 is 2.50 bits per heavy atom. The molecule has 28 heavy (non-hydrogen) atoms. The van der Waals surface area contributed by atoms with E-state index in [9.17, 15) is 14.9 Å². The summed E-state index contributed by atoms with van der Waals surface area (Å²) in [6, 6.07) is 10.4. The first-order chi connectivity index (χ1) is 13.5. The molecule has 2 heterocycles. The van der Waals surface area contributed by atoms with E-state index < -0.39 is 10.9 Å². The van der Waals surface area contributed by atoms with E-state index in [1.54, 1.807) is 12.1 Å². The van der Waals surface area contributed by atoms with Gasteiger partial charge in [0.2, 0.25) is 0 Å². The van der Waals surface area contributed by atoms with Gasteiger partial charge < -0.3 is 9.52 Å². The minimum absolute atomic E-state index is 0.0578. The van der Waals surface area contributed by atoms with Crippen molar-refractivity contribution in [3.8, 4) is 11.3 Å². The van der Waals surface area contributed by atoms with Crippen molar-refractivity contribution in [3.05, 3.63) is 52.3 Å². The van der Waals surface area contributed by atoms with E-state index in [4.69, 9.17) is 9.52 Å². The predicted octanol–water partition coefficient (Wildman–Crippen LogP) is 3.23. The van der Waals surface area contributed by atoms with E-state index in [2.05, 4.69) is 4.90 Å². The van der Waals surface area contributed by atoms with Crippen LogP contribution >= 0.6 is 0 Å². The average molecular weight is 387 g/mol. The highest BCUT2D eigenvalue weighted by molar-refractivity contribution is 5.69. The van der Waals surface area contributed by atoms with Gasteiger partial charge in [0.25, 0.3) is 5.69 Å². The topological polar surface area (TPSA) is 100 Å². The number of rotatable bonds is 8. The maximum absolute atomic E-state index is 11.0. The minimum Gasteiger partial charge on any atom is -0.480 e. The van der Waals surface area contributed by atoms with Crippen LogP contribution in [-0.2, 0) is 11.3 Å². The molecule has 1 aromatic carbocycles. The summed E-state index contributed by atoms with van der Waals surface area (Å²) < 4.78 is 5.92. The Balaban J connectivity index is 1.55. The molecule has 1 N–H and O–H groups in total. The minimum atomic E-state index is -0.779. The molecule has 2 aromatic rings. The second-order valence-electron chi connectivity index (χ2n) is 7.03. The summed E-state index contributed by atoms with van der Waals surface area (Å²) in [4.78, 5) is 25.7. The fraction of sp³-hybridized carbons (Fsp3) is 0.450. The van der Waals surface area contributed by atoms with Crippen molar-refractivity contribution >= 4 is 11.7 Å². The van der Waals surface area contributed by atoms with Crippen LogP contribution in [0.1, 0.15) is 25.5 Å². The lowest BCUT2D eigenvalue weighted by atomic mass is 10.0. The molecule has 0 saturated carbocycles. The number of non-ortho nitro benzene ring substituents is 1. The molecular formula is C20H25N3O5. The van der Waals surface area contributed by atoms with Crippen molar-refractivity contribution in [2.24, 2.45) is 0 Å². The number of aliphatic carboxylic acids is 1. The Morgan fingerprint density at radius 2 is 1.93 bits per heavy atom. The largest absolute Gasteiger partial charge is 0.480 e. The van der Waals surface area contributed by atoms with E-state index in [-0.39, 0.29) is 12.2 Å². The number of carboxylic acids is 1. The molecule has 0 spiro atoms. The maximum atomic E-state index is 11.0. The molecule has 0 aliphatic carbocycles. The normalized spacial score (nSPS) is 15.8. The number of hydrogen-bond acceptors (Lipinski definition) is 6. The molecular weight excluding hydrogens is 362 g/mol. The summed E-state index contributed by atoms with van der Waals surface area (Å²) in [5.74, 6) is 0.765. The molecule has 1 aliphatic rings. The third-order valence-corrected chi connectivity index (χ3v) is 5.22. The van der Waals surface area contributed by atoms with Crippen LogP contribution in [0.5, 0.6) is 0 Å². The van der Waals surface area contributed by atoms with Crippen molar-refractivity contribution < 1.29 is 19.2 Å². The van der Waals surface area contributed by atoms with Crippen molar-refractivity contribution in [2.45, 2.75) is 32.4 Å². The standard InChI is InChI=1S/C20H25N3O5/c1-2-22(14-20(24)25)16-9-11-21(12-10-16)13-18-7-8-19(28-18)15-3-5-17(6-4-15)23(26)27/h3-8,16H,2,9-14H2,1H3,(H,24,25). The number of likely N-dealkylation sites (N-methyl/N-ethyl adjacent to an activating group) is 1. The van der Waals surface area contributed by atoms with Gasteiger partial charge in [0.1, 0.15) is 11.5 Å². The van der Waals surface area contributed by atoms with E-state index in [0.717, 1.165) is 43.8 Å². The Kier molecular flexibility index (Phi) is 6.43. The Labute approximate surface area is 163 Å². The molecule has 150 valence electrons. The van der Waals surface area contributed by atoms with Crippen LogP contribution in [-0.4, -0.2) is 58.0 Å². The first kappa shape index (κ1) is 20.0. The van der Waals surface area contributed by atoms with Gasteiger partial charge in [0.15, 0.2) is 0 Å². The van der Waals surface area contributed by atoms with E-state index in [0.29, 0.717) is 18.3 Å². The zero-order valence-corrected chi connectivity index (χ0v) is 15.9. The third-order valence-electron chi connectivity index (χ3n) is 5.22. The smallest absolute Gasteiger partial charge is 0.317 e. The first-order valence-corrected chi connectivity index (χ1v) is 9.48. The molecule has 1 fully saturated rings. The summed E-state index contributed by atoms with van der Waals surface area (Å²) in [5, 5.41) is 19.8. The Hall–Kier alpha value is -2.71. The van der Waals surface area contributed by atoms with Gasteiger partial charge in [-0.15, -0.1) is 0 Å². The Morgan fingerprint density at radius 1 is 1.25 bits per heavy atom. The van der Waals surface area contributed by atoms with E-state index in [1.165, 1.54) is 12.1 Å². The van der Waals surface area contributed by atoms with Gasteiger partial charge in [-0.1, -0.05) is 6.92 Å². The first-order valence-electron chi connectivity index (χ1n) is 9.48. The van der Waals surface area contributed by atoms with Crippen LogP contribution in [0, 0.1) is 10.1 Å². The molecule has 0 amide bonds. The maximum Gasteiger partial charge on any atom is 0.317 e. The number of carboxylic acid groups (broad SMARTS) is 1. The molecule has 0 radical (unpaired) electrons. The number of likely N-dealkylation sites (tertiary alicyclic amines) is 1. The summed E-state index contributed by atoms with van der Waals surface area (Å²) in [6.45, 7) is 5.33. The summed E-state index contributed by atoms with van der Waals surface area (Å²) in [5.41, 5.74) is 0.866. The van der Waals surface area contributed by atoms with Crippen molar-refractivity contribution in [1.29, 1.82) is 0 Å². The van der Waals surface area contributed by atoms with Gasteiger partial charge in [-0.3, -0.25) is 24.7 Å². The van der Waals surface area contributed by atoms with Crippen LogP contribution in [0.25, 0.3) is 11.3 Å². The van der Waals surface area contributed by atoms with Gasteiger partial charge in [0.05, 0.1) is 18.0 Å². The number of carbonyl (C=O) groups is 1. The van der Waals surface area contributed by atoms with Gasteiger partial charge in [0, 0.05) is 36.8 Å². The van der Waals surface area contributed by atoms with Crippen LogP contribution in [0.15, 0.2) is 40.8 Å². The van der Waals surface area contributed by atoms with Crippen LogP contribution < -0.4 is 0 Å². The highest BCUT2D eigenvalue weighted by atomic mass is 16.6. The highest BCUT2D eigenvalue weighted by Crippen LogP contribution is 2.26. The molecule has 1 aliphatic heterocycles. The fourth-order valence-corrected chi connectivity index (χ4v) is 3.70. The number of nitrogens with zero attached hydrogens (tertiary/aromatic N) is 3. The third kappa shape index (κ3) is 4.96. The van der Waals surface area contributed by atoms with Crippen molar-refractivity contribution in [2.75, 3.05) is 26.2 Å². The summed E-state index contributed by atoms with van der Waals surface area (Å²) >= 11 is 0. The zero-order valence-electron chi connectivity index (χ0n) is 15.9. The fourth-order valence-electron chi connectivity index (χ4n) is 3.70. The number of benzene rings is 1. The lowest BCUT2D eigenvalue weighted by molar-refractivity contribution is -0.384. The molecule has 3 rings (SSSR count). The predicted molar refractivity (Wildman–Crippen MR) is 104 cm³/mol. The molecule has 0 bridgehead atoms. The second-order valence-corrected chi connectivity index (χ2v) is 7.03. The molecule has 1 aromatic heterocycles. The summed E-state index contributed by atoms with van der Waals surface area (Å²) in [7, 11) is 0. The zero-order chi connectivity index (χ0) is 20.1. The number of furan rings is 1. The van der Waals surface area contributed by atoms with Crippen molar-refractivity contribution in [3.63, 3.8) is 0 Å². The van der Waals surface area contributed by atoms with Crippen molar-refractivity contribution in [1.82, 2.24) is 9.80 Å². The van der Waals surface area contributed by atoms with Crippen LogP contribution in [0.4, 0.5) is 5.69 Å². The van der Waals surface area contributed by atoms with Gasteiger partial charge in [-0.25, -0.2) is 0 Å². The van der Waals surface area contributed by atoms with Gasteiger partial charge >= 0.3 is 5.97 Å². The van der Waals surface area contributed by atoms with Crippen LogP contribution in [0.3, 0.4) is 0 Å². The summed E-state index contributed by atoms with van der Waals surface area (Å²) in [6.07, 6.45) is 1.88. The molecule has 1 saturated heterocycles. The highest BCUT2D eigenvalue weighted by Gasteiger charge is 2.25. The quantitative estimate of drug-likeness (QED) is 0.548.